The van der Waals surface area contributed by atoms with Crippen LogP contribution in [-0.4, -0.2) is 70.5 Å². The van der Waals surface area contributed by atoms with Gasteiger partial charge < -0.3 is 35.0 Å². The molecule has 0 aliphatic heterocycles. The number of halogens is 3. The lowest BCUT2D eigenvalue weighted by atomic mass is 9.87. The van der Waals surface area contributed by atoms with Gasteiger partial charge in [-0.05, 0) is 77.9 Å². The van der Waals surface area contributed by atoms with Crippen LogP contribution in [0.25, 0.3) is 0 Å². The minimum absolute atomic E-state index is 0.0174. The van der Waals surface area contributed by atoms with Crippen LogP contribution in [0.4, 0.5) is 0 Å². The van der Waals surface area contributed by atoms with Crippen molar-refractivity contribution in [2.24, 2.45) is 0 Å². The van der Waals surface area contributed by atoms with Crippen LogP contribution < -0.4 is 14.8 Å². The number of nitrogens with zero attached hydrogens (tertiary/aromatic N) is 1. The Kier molecular flexibility index (Phi) is 12.3. The van der Waals surface area contributed by atoms with E-state index in [1.54, 1.807) is 44.2 Å². The summed E-state index contributed by atoms with van der Waals surface area (Å²) in [6, 6.07) is 7.39. The molecule has 4 N–H and O–H groups in total. The molecule has 2 amide bonds. The third kappa shape index (κ3) is 8.59. The van der Waals surface area contributed by atoms with E-state index in [0.717, 1.165) is 5.57 Å². The first-order chi connectivity index (χ1) is 19.5. The first kappa shape index (κ1) is 33.2. The van der Waals surface area contributed by atoms with E-state index in [4.69, 9.17) is 32.7 Å². The fraction of sp³-hybridized carbons (Fsp3) is 0.379. The summed E-state index contributed by atoms with van der Waals surface area (Å²) < 4.78 is 12.4. The molecule has 0 spiro atoms. The summed E-state index contributed by atoms with van der Waals surface area (Å²) in [6.45, 7) is 3.18. The maximum atomic E-state index is 13.6. The first-order valence-corrected chi connectivity index (χ1v) is 14.6. The van der Waals surface area contributed by atoms with Crippen LogP contribution in [0.15, 0.2) is 53.6 Å². The summed E-state index contributed by atoms with van der Waals surface area (Å²) in [4.78, 5) is 28.1. The predicted molar refractivity (Wildman–Crippen MR) is 165 cm³/mol. The topological polar surface area (TPSA) is 129 Å². The number of allylic oxidation sites excluding steroid dienone is 1. The van der Waals surface area contributed by atoms with E-state index in [-0.39, 0.29) is 44.2 Å². The van der Waals surface area contributed by atoms with Crippen molar-refractivity contribution in [3.8, 4) is 11.5 Å². The van der Waals surface area contributed by atoms with Gasteiger partial charge in [0.2, 0.25) is 11.8 Å². The second-order valence-electron chi connectivity index (χ2n) is 9.71. The highest BCUT2D eigenvalue weighted by molar-refractivity contribution is 14.1. The van der Waals surface area contributed by atoms with Gasteiger partial charge in [-0.3, -0.25) is 9.59 Å². The van der Waals surface area contributed by atoms with Gasteiger partial charge in [0.05, 0.1) is 29.9 Å². The number of carbonyl (C=O) groups is 2. The average molecular weight is 719 g/mol. The van der Waals surface area contributed by atoms with Crippen LogP contribution in [0.2, 0.25) is 10.0 Å². The zero-order valence-corrected chi connectivity index (χ0v) is 26.5. The second-order valence-corrected chi connectivity index (χ2v) is 11.7. The fourth-order valence-corrected chi connectivity index (χ4v) is 5.68. The Morgan fingerprint density at radius 1 is 1.20 bits per heavy atom. The van der Waals surface area contributed by atoms with E-state index in [9.17, 15) is 24.9 Å². The molecule has 0 radical (unpaired) electrons. The number of hydrogen-bond donors (Lipinski definition) is 4. The number of methoxy groups -OCH3 is 1. The predicted octanol–water partition coefficient (Wildman–Crippen LogP) is 4.01. The van der Waals surface area contributed by atoms with Gasteiger partial charge in [-0.15, -0.1) is 0 Å². The average Bonchev–Trinajstić information content (AvgIpc) is 2.92. The molecule has 0 heterocycles. The molecule has 0 unspecified atom stereocenters. The number of benzene rings is 2. The lowest BCUT2D eigenvalue weighted by Crippen LogP contribution is -2.54. The number of aliphatic hydroxyl groups excluding tert-OH is 3. The Hall–Kier alpha value is -2.35. The molecule has 41 heavy (non-hydrogen) atoms. The molecule has 2 aromatic carbocycles. The van der Waals surface area contributed by atoms with E-state index in [0.29, 0.717) is 36.2 Å². The quantitative estimate of drug-likeness (QED) is 0.204. The Bertz CT molecular complexity index is 1330. The maximum Gasteiger partial charge on any atom is 0.247 e. The molecule has 0 bridgehead atoms. The van der Waals surface area contributed by atoms with Crippen molar-refractivity contribution in [2.75, 3.05) is 20.3 Å². The van der Waals surface area contributed by atoms with Crippen LogP contribution in [0.3, 0.4) is 0 Å². The summed E-state index contributed by atoms with van der Waals surface area (Å²) in [5, 5.41) is 33.9. The number of aliphatic hydroxyl groups is 3. The summed E-state index contributed by atoms with van der Waals surface area (Å²) in [5.74, 6) is -0.194. The van der Waals surface area contributed by atoms with Crippen molar-refractivity contribution in [1.29, 1.82) is 0 Å². The molecule has 1 aliphatic rings. The summed E-state index contributed by atoms with van der Waals surface area (Å²) in [7, 11) is 1.46. The number of carbonyl (C=O) groups excluding carboxylic acids is 2. The van der Waals surface area contributed by atoms with E-state index in [2.05, 4.69) is 5.32 Å². The summed E-state index contributed by atoms with van der Waals surface area (Å²) in [6.07, 6.45) is 0.665. The highest BCUT2D eigenvalue weighted by atomic mass is 127. The molecule has 2 aromatic rings. The van der Waals surface area contributed by atoms with Crippen molar-refractivity contribution < 1.29 is 34.4 Å². The van der Waals surface area contributed by atoms with Crippen molar-refractivity contribution in [3.63, 3.8) is 0 Å². The molecule has 3 atom stereocenters. The fourth-order valence-electron chi connectivity index (χ4n) is 4.42. The molecule has 9 nitrogen and oxygen atoms in total. The minimum Gasteiger partial charge on any atom is -0.493 e. The van der Waals surface area contributed by atoms with Crippen LogP contribution >= 0.6 is 45.8 Å². The Morgan fingerprint density at radius 2 is 1.93 bits per heavy atom. The van der Waals surface area contributed by atoms with E-state index >= 15 is 0 Å². The molecule has 12 heteroatoms. The standard InChI is InChI=1S/C29H33Cl2IN2O7/c1-16(2)8-26(37)34(14-18-4-5-20(30)13-21(18)31)23-11-19(29(39)33-6-7-35)12-24(27(23)38)41-28-22(32)9-17(15-36)10-25(28)40-3/h4-5,8-10,12-13,23-24,27,35-36,38H,6-7,11,14-15H2,1-3H3,(H,33,39)/t23-,24+,27+/m1/s1. The lowest BCUT2D eigenvalue weighted by Gasteiger charge is -2.40. The monoisotopic (exact) mass is 718 g/mol. The first-order valence-electron chi connectivity index (χ1n) is 12.8. The van der Waals surface area contributed by atoms with Crippen molar-refractivity contribution in [2.45, 2.75) is 51.7 Å². The third-order valence-corrected chi connectivity index (χ3v) is 7.78. The van der Waals surface area contributed by atoms with E-state index in [1.165, 1.54) is 24.2 Å². The Morgan fingerprint density at radius 3 is 2.54 bits per heavy atom. The van der Waals surface area contributed by atoms with Gasteiger partial charge in [0.15, 0.2) is 11.5 Å². The van der Waals surface area contributed by atoms with Crippen molar-refractivity contribution in [1.82, 2.24) is 10.2 Å². The number of rotatable bonds is 11. The van der Waals surface area contributed by atoms with Crippen LogP contribution in [0.5, 0.6) is 11.5 Å². The smallest absolute Gasteiger partial charge is 0.247 e. The second kappa shape index (κ2) is 15.2. The Balaban J connectivity index is 2.09. The SMILES string of the molecule is COc1cc(CO)cc(I)c1O[C@H]1C=C(C(=O)NCCO)C[C@@H](N(Cc2ccc(Cl)cc2Cl)C(=O)C=C(C)C)[C@@H]1O. The van der Waals surface area contributed by atoms with Gasteiger partial charge in [0, 0.05) is 41.2 Å². The van der Waals surface area contributed by atoms with Gasteiger partial charge >= 0.3 is 0 Å². The molecule has 3 rings (SSSR count). The van der Waals surface area contributed by atoms with Crippen molar-refractivity contribution >= 4 is 57.6 Å². The molecule has 0 fully saturated rings. The minimum atomic E-state index is -1.26. The molecule has 222 valence electrons. The normalized spacial score (nSPS) is 18.3. The largest absolute Gasteiger partial charge is 0.493 e. The molecule has 0 aromatic heterocycles. The van der Waals surface area contributed by atoms with Crippen molar-refractivity contribution in [3.05, 3.63) is 78.4 Å². The van der Waals surface area contributed by atoms with E-state index < -0.39 is 24.2 Å². The number of hydrogen-bond acceptors (Lipinski definition) is 7. The van der Waals surface area contributed by atoms with Gasteiger partial charge in [-0.1, -0.05) is 34.8 Å². The maximum absolute atomic E-state index is 13.6. The third-order valence-electron chi connectivity index (χ3n) is 6.39. The van der Waals surface area contributed by atoms with Crippen LogP contribution in [0, 0.1) is 3.57 Å². The Labute approximate surface area is 262 Å². The molecular weight excluding hydrogens is 686 g/mol. The summed E-state index contributed by atoms with van der Waals surface area (Å²) >= 11 is 14.6. The van der Waals surface area contributed by atoms with E-state index in [1.807, 2.05) is 22.6 Å². The van der Waals surface area contributed by atoms with Gasteiger partial charge in [0.25, 0.3) is 0 Å². The highest BCUT2D eigenvalue weighted by Gasteiger charge is 2.41. The lowest BCUT2D eigenvalue weighted by molar-refractivity contribution is -0.134. The van der Waals surface area contributed by atoms with Gasteiger partial charge in [-0.25, -0.2) is 0 Å². The number of nitrogens with one attached hydrogen (secondary N) is 1. The summed E-state index contributed by atoms with van der Waals surface area (Å²) in [5.41, 5.74) is 2.24. The highest BCUT2D eigenvalue weighted by Crippen LogP contribution is 2.37. The zero-order valence-electron chi connectivity index (χ0n) is 22.9. The number of amides is 2. The molecule has 0 saturated carbocycles. The van der Waals surface area contributed by atoms with Crippen LogP contribution in [0.1, 0.15) is 31.4 Å². The molecular formula is C29H33Cl2IN2O7. The number of ether oxygens (including phenoxy) is 2. The van der Waals surface area contributed by atoms with Gasteiger partial charge in [-0.2, -0.15) is 0 Å². The zero-order chi connectivity index (χ0) is 30.3. The van der Waals surface area contributed by atoms with Gasteiger partial charge in [0.1, 0.15) is 12.2 Å². The van der Waals surface area contributed by atoms with Crippen LogP contribution in [-0.2, 0) is 22.7 Å². The molecule has 1 aliphatic carbocycles. The molecule has 0 saturated heterocycles.